The van der Waals surface area contributed by atoms with Gasteiger partial charge in [-0.05, 0) is 22.4 Å². The van der Waals surface area contributed by atoms with E-state index in [9.17, 15) is 18.0 Å². The zero-order valence-corrected chi connectivity index (χ0v) is 10.8. The van der Waals surface area contributed by atoms with Gasteiger partial charge in [0.05, 0.1) is 11.9 Å². The molecule has 0 aliphatic carbocycles. The highest BCUT2D eigenvalue weighted by Gasteiger charge is 2.29. The first-order valence-corrected chi connectivity index (χ1v) is 5.81. The summed E-state index contributed by atoms with van der Waals surface area (Å²) in [4.78, 5) is 11.6. The number of anilines is 1. The summed E-state index contributed by atoms with van der Waals surface area (Å²) in [5.74, 6) is 0. The number of alkyl halides is 3. The fourth-order valence-corrected chi connectivity index (χ4v) is 1.62. The number of rotatable bonds is 5. The van der Waals surface area contributed by atoms with E-state index >= 15 is 0 Å². The lowest BCUT2D eigenvalue weighted by Crippen LogP contribution is -2.31. The molecule has 0 aliphatic rings. The molecule has 0 spiro atoms. The molecule has 2 N–H and O–H groups in total. The Balaban J connectivity index is 2.88. The maximum absolute atomic E-state index is 12.1. The van der Waals surface area contributed by atoms with Crippen molar-refractivity contribution in [3.8, 4) is 0 Å². The summed E-state index contributed by atoms with van der Waals surface area (Å²) in [6.45, 7) is -1.07. The van der Waals surface area contributed by atoms with Crippen molar-refractivity contribution in [1.29, 1.82) is 0 Å². The van der Waals surface area contributed by atoms with Gasteiger partial charge >= 0.3 is 6.18 Å². The summed E-state index contributed by atoms with van der Waals surface area (Å²) < 4.78 is 36.8. The Hall–Kier alpha value is -1.09. The van der Waals surface area contributed by atoms with Crippen LogP contribution in [0.1, 0.15) is 6.42 Å². The molecule has 0 atom stereocenters. The van der Waals surface area contributed by atoms with Gasteiger partial charge in [-0.3, -0.25) is 4.79 Å². The minimum absolute atomic E-state index is 0.0142. The van der Waals surface area contributed by atoms with Crippen molar-refractivity contribution in [2.24, 2.45) is 0 Å². The molecule has 0 radical (unpaired) electrons. The smallest absolute Gasteiger partial charge is 0.396 e. The molecule has 0 fully saturated rings. The molecule has 1 aromatic rings. The van der Waals surface area contributed by atoms with E-state index in [0.717, 1.165) is 6.20 Å². The van der Waals surface area contributed by atoms with Crippen LogP contribution >= 0.6 is 15.9 Å². The quantitative estimate of drug-likeness (QED) is 0.800. The van der Waals surface area contributed by atoms with Crippen LogP contribution in [-0.4, -0.2) is 34.2 Å². The highest BCUT2D eigenvalue weighted by atomic mass is 79.9. The van der Waals surface area contributed by atoms with E-state index in [1.54, 1.807) is 0 Å². The highest BCUT2D eigenvalue weighted by Crippen LogP contribution is 2.19. The zero-order chi connectivity index (χ0) is 13.8. The van der Waals surface area contributed by atoms with Gasteiger partial charge in [-0.15, -0.1) is 0 Å². The third-order valence-corrected chi connectivity index (χ3v) is 2.73. The van der Waals surface area contributed by atoms with Crippen molar-refractivity contribution in [1.82, 2.24) is 9.78 Å². The molecule has 0 aromatic carbocycles. The Kier molecular flexibility index (Phi) is 5.15. The predicted molar refractivity (Wildman–Crippen MR) is 62.4 cm³/mol. The second-order valence-electron chi connectivity index (χ2n) is 3.45. The van der Waals surface area contributed by atoms with E-state index in [0.29, 0.717) is 23.3 Å². The van der Waals surface area contributed by atoms with Crippen LogP contribution in [0.15, 0.2) is 15.5 Å². The van der Waals surface area contributed by atoms with Crippen LogP contribution < -0.4 is 10.9 Å². The van der Waals surface area contributed by atoms with Crippen molar-refractivity contribution in [2.45, 2.75) is 19.1 Å². The van der Waals surface area contributed by atoms with E-state index in [-0.39, 0.29) is 11.1 Å². The van der Waals surface area contributed by atoms with Gasteiger partial charge in [0.2, 0.25) is 0 Å². The molecule has 5 nitrogen and oxygen atoms in total. The second-order valence-corrected chi connectivity index (χ2v) is 4.25. The van der Waals surface area contributed by atoms with Gasteiger partial charge in [-0.2, -0.15) is 18.3 Å². The maximum atomic E-state index is 12.1. The Bertz CT molecular complexity index is 461. The molecule has 0 unspecified atom stereocenters. The van der Waals surface area contributed by atoms with Crippen LogP contribution in [-0.2, 0) is 6.54 Å². The molecule has 102 valence electrons. The van der Waals surface area contributed by atoms with Gasteiger partial charge in [0, 0.05) is 13.2 Å². The van der Waals surface area contributed by atoms with Crippen molar-refractivity contribution >= 4 is 21.6 Å². The molecule has 0 bridgehead atoms. The van der Waals surface area contributed by atoms with Crippen molar-refractivity contribution in [3.63, 3.8) is 0 Å². The van der Waals surface area contributed by atoms with Gasteiger partial charge in [-0.1, -0.05) is 0 Å². The van der Waals surface area contributed by atoms with E-state index in [1.807, 2.05) is 0 Å². The fourth-order valence-electron chi connectivity index (χ4n) is 1.17. The Morgan fingerprint density at radius 2 is 2.17 bits per heavy atom. The largest absolute Gasteiger partial charge is 0.408 e. The van der Waals surface area contributed by atoms with E-state index < -0.39 is 18.3 Å². The number of hydrogen-bond acceptors (Lipinski definition) is 4. The average molecular weight is 330 g/mol. The van der Waals surface area contributed by atoms with Gasteiger partial charge in [-0.25, -0.2) is 4.68 Å². The molecule has 1 rings (SSSR count). The first-order chi connectivity index (χ1) is 8.35. The summed E-state index contributed by atoms with van der Waals surface area (Å²) >= 11 is 2.93. The fraction of sp³-hybridized carbons (Fsp3) is 0.556. The third-order valence-electron chi connectivity index (χ3n) is 1.96. The summed E-state index contributed by atoms with van der Waals surface area (Å²) in [5.41, 5.74) is -0.562. The first-order valence-electron chi connectivity index (χ1n) is 5.02. The van der Waals surface area contributed by atoms with Crippen LogP contribution in [0.25, 0.3) is 0 Å². The predicted octanol–water partition coefficient (Wildman–Crippen LogP) is 1.36. The van der Waals surface area contributed by atoms with E-state index in [1.165, 1.54) is 0 Å². The van der Waals surface area contributed by atoms with Crippen molar-refractivity contribution in [2.75, 3.05) is 18.5 Å². The number of aliphatic hydroxyl groups is 1. The molecule has 9 heteroatoms. The Labute approximate surface area is 109 Å². The number of aliphatic hydroxyl groups excluding tert-OH is 1. The first kappa shape index (κ1) is 15.0. The van der Waals surface area contributed by atoms with Crippen LogP contribution in [0.3, 0.4) is 0 Å². The van der Waals surface area contributed by atoms with Crippen LogP contribution in [0.5, 0.6) is 0 Å². The molecule has 0 saturated carbocycles. The minimum atomic E-state index is -4.50. The van der Waals surface area contributed by atoms with Gasteiger partial charge < -0.3 is 10.4 Å². The summed E-state index contributed by atoms with van der Waals surface area (Å²) in [6.07, 6.45) is -2.91. The standard InChI is InChI=1S/C9H11BrF3N3O2/c10-7-6(14-2-1-3-17)4-15-16(8(7)18)5-9(11,12)13/h4,14,17H,1-3,5H2. The summed E-state index contributed by atoms with van der Waals surface area (Å²) in [6, 6.07) is 0. The zero-order valence-electron chi connectivity index (χ0n) is 9.17. The lowest BCUT2D eigenvalue weighted by atomic mass is 10.4. The normalized spacial score (nSPS) is 11.6. The Morgan fingerprint density at radius 3 is 2.72 bits per heavy atom. The van der Waals surface area contributed by atoms with E-state index in [2.05, 4.69) is 26.3 Å². The topological polar surface area (TPSA) is 67.2 Å². The molecule has 1 heterocycles. The van der Waals surface area contributed by atoms with Crippen molar-refractivity contribution in [3.05, 3.63) is 21.0 Å². The van der Waals surface area contributed by atoms with E-state index in [4.69, 9.17) is 5.11 Å². The summed E-state index contributed by atoms with van der Waals surface area (Å²) in [7, 11) is 0. The molecule has 1 aromatic heterocycles. The van der Waals surface area contributed by atoms with Crippen molar-refractivity contribution < 1.29 is 18.3 Å². The monoisotopic (exact) mass is 329 g/mol. The number of aromatic nitrogens is 2. The minimum Gasteiger partial charge on any atom is -0.396 e. The van der Waals surface area contributed by atoms with Crippen LogP contribution in [0.2, 0.25) is 0 Å². The lowest BCUT2D eigenvalue weighted by molar-refractivity contribution is -0.143. The summed E-state index contributed by atoms with van der Waals surface area (Å²) in [5, 5.41) is 14.8. The maximum Gasteiger partial charge on any atom is 0.408 e. The molecular weight excluding hydrogens is 319 g/mol. The lowest BCUT2D eigenvalue weighted by Gasteiger charge is -2.11. The second kappa shape index (κ2) is 6.19. The molecule has 0 amide bonds. The molecule has 18 heavy (non-hydrogen) atoms. The number of hydrogen-bond donors (Lipinski definition) is 2. The van der Waals surface area contributed by atoms with Gasteiger partial charge in [0.25, 0.3) is 5.56 Å². The Morgan fingerprint density at radius 1 is 1.50 bits per heavy atom. The number of nitrogens with one attached hydrogen (secondary N) is 1. The average Bonchev–Trinajstić information content (AvgIpc) is 2.27. The molecule has 0 aliphatic heterocycles. The van der Waals surface area contributed by atoms with Crippen LogP contribution in [0.4, 0.5) is 18.9 Å². The molecule has 0 saturated heterocycles. The third kappa shape index (κ3) is 4.30. The number of halogens is 4. The van der Waals surface area contributed by atoms with Gasteiger partial charge in [0.1, 0.15) is 11.0 Å². The SMILES string of the molecule is O=c1c(Br)c(NCCCO)cnn1CC(F)(F)F. The van der Waals surface area contributed by atoms with Gasteiger partial charge in [0.15, 0.2) is 0 Å². The molecular formula is C9H11BrF3N3O2. The highest BCUT2D eigenvalue weighted by molar-refractivity contribution is 9.10. The van der Waals surface area contributed by atoms with Crippen LogP contribution in [0, 0.1) is 0 Å². The number of nitrogens with zero attached hydrogens (tertiary/aromatic N) is 2.